The van der Waals surface area contributed by atoms with Crippen molar-refractivity contribution >= 4 is 34.3 Å². The van der Waals surface area contributed by atoms with E-state index in [1.54, 1.807) is 31.1 Å². The third kappa shape index (κ3) is 5.10. The van der Waals surface area contributed by atoms with Gasteiger partial charge in [0.1, 0.15) is 10.8 Å². The first kappa shape index (κ1) is 22.9. The molecule has 4 nitrogen and oxygen atoms in total. The Morgan fingerprint density at radius 3 is 2.52 bits per heavy atom. The van der Waals surface area contributed by atoms with Crippen LogP contribution >= 0.6 is 11.8 Å². The Hall–Kier alpha value is -2.81. The Bertz CT molecular complexity index is 1120. The van der Waals surface area contributed by atoms with Crippen molar-refractivity contribution in [3.63, 3.8) is 0 Å². The molecule has 0 fully saturated rings. The molecule has 3 rings (SSSR count). The average molecular weight is 451 g/mol. The number of nitrogens with zero attached hydrogens (tertiary/aromatic N) is 2. The third-order valence-corrected chi connectivity index (χ3v) is 5.41. The van der Waals surface area contributed by atoms with Gasteiger partial charge in [0.25, 0.3) is 5.91 Å². The maximum atomic E-state index is 13.4. The summed E-state index contributed by atoms with van der Waals surface area (Å²) in [5.41, 5.74) is 0.712. The van der Waals surface area contributed by atoms with Crippen molar-refractivity contribution in [2.45, 2.75) is 24.7 Å². The van der Waals surface area contributed by atoms with E-state index in [9.17, 15) is 22.4 Å². The van der Waals surface area contributed by atoms with Gasteiger partial charge in [-0.05, 0) is 35.6 Å². The predicted octanol–water partition coefficient (Wildman–Crippen LogP) is 5.50. The molecule has 0 aliphatic carbocycles. The SMILES string of the molecule is CCSc1nc2cc(C(F)(F)F)ccc2c(N(C)C)c1C(=O)NCc1cccc(F)c1. The van der Waals surface area contributed by atoms with Gasteiger partial charge in [-0.2, -0.15) is 13.2 Å². The number of carbonyl (C=O) groups is 1. The largest absolute Gasteiger partial charge is 0.416 e. The van der Waals surface area contributed by atoms with Crippen molar-refractivity contribution in [3.8, 4) is 0 Å². The molecule has 0 spiro atoms. The second-order valence-electron chi connectivity index (χ2n) is 7.01. The highest BCUT2D eigenvalue weighted by molar-refractivity contribution is 7.99. The van der Waals surface area contributed by atoms with Crippen LogP contribution in [0.3, 0.4) is 0 Å². The van der Waals surface area contributed by atoms with Gasteiger partial charge in [0.2, 0.25) is 0 Å². The molecule has 1 N–H and O–H groups in total. The predicted molar refractivity (Wildman–Crippen MR) is 115 cm³/mol. The lowest BCUT2D eigenvalue weighted by Crippen LogP contribution is -2.27. The molecular formula is C22H21F4N3OS. The first-order chi connectivity index (χ1) is 14.6. The van der Waals surface area contributed by atoms with Crippen LogP contribution in [-0.4, -0.2) is 30.7 Å². The minimum atomic E-state index is -4.49. The first-order valence-corrected chi connectivity index (χ1v) is 10.5. The van der Waals surface area contributed by atoms with Gasteiger partial charge in [-0.25, -0.2) is 9.37 Å². The molecule has 1 heterocycles. The number of nitrogens with one attached hydrogen (secondary N) is 1. The summed E-state index contributed by atoms with van der Waals surface area (Å²) in [6.07, 6.45) is -4.49. The summed E-state index contributed by atoms with van der Waals surface area (Å²) in [5.74, 6) is -0.261. The van der Waals surface area contributed by atoms with E-state index in [4.69, 9.17) is 0 Å². The smallest absolute Gasteiger partial charge is 0.376 e. The second kappa shape index (κ2) is 9.13. The van der Waals surface area contributed by atoms with E-state index < -0.39 is 23.5 Å². The zero-order valence-electron chi connectivity index (χ0n) is 17.2. The van der Waals surface area contributed by atoms with E-state index >= 15 is 0 Å². The van der Waals surface area contributed by atoms with Crippen molar-refractivity contribution < 1.29 is 22.4 Å². The Labute approximate surface area is 181 Å². The monoisotopic (exact) mass is 451 g/mol. The molecule has 0 bridgehead atoms. The Balaban J connectivity index is 2.10. The molecule has 0 unspecified atom stereocenters. The molecule has 31 heavy (non-hydrogen) atoms. The second-order valence-corrected chi connectivity index (χ2v) is 8.26. The lowest BCUT2D eigenvalue weighted by molar-refractivity contribution is -0.137. The number of halogens is 4. The number of carbonyl (C=O) groups excluding carboxylic acids is 1. The molecule has 3 aromatic rings. The lowest BCUT2D eigenvalue weighted by atomic mass is 10.0. The quantitative estimate of drug-likeness (QED) is 0.397. The van der Waals surface area contributed by atoms with E-state index in [1.165, 1.54) is 30.0 Å². The van der Waals surface area contributed by atoms with E-state index in [0.29, 0.717) is 27.4 Å². The summed E-state index contributed by atoms with van der Waals surface area (Å²) in [7, 11) is 3.44. The van der Waals surface area contributed by atoms with Gasteiger partial charge in [-0.3, -0.25) is 4.79 Å². The normalized spacial score (nSPS) is 11.6. The minimum absolute atomic E-state index is 0.102. The average Bonchev–Trinajstić information content (AvgIpc) is 2.70. The van der Waals surface area contributed by atoms with Crippen molar-refractivity contribution in [1.82, 2.24) is 10.3 Å². The van der Waals surface area contributed by atoms with Gasteiger partial charge in [-0.1, -0.05) is 25.1 Å². The molecule has 1 amide bonds. The fourth-order valence-corrected chi connectivity index (χ4v) is 4.00. The summed E-state index contributed by atoms with van der Waals surface area (Å²) in [6.45, 7) is 1.97. The summed E-state index contributed by atoms with van der Waals surface area (Å²) in [6, 6.07) is 9.20. The molecule has 0 saturated heterocycles. The number of anilines is 1. The number of rotatable bonds is 6. The molecule has 0 aliphatic heterocycles. The van der Waals surface area contributed by atoms with Crippen molar-refractivity contribution in [2.75, 3.05) is 24.7 Å². The zero-order chi connectivity index (χ0) is 22.8. The maximum absolute atomic E-state index is 13.4. The number of hydrogen-bond donors (Lipinski definition) is 1. The molecule has 0 aliphatic rings. The van der Waals surface area contributed by atoms with Gasteiger partial charge >= 0.3 is 6.18 Å². The fraction of sp³-hybridized carbons (Fsp3) is 0.273. The van der Waals surface area contributed by atoms with Crippen LogP contribution in [0.4, 0.5) is 23.2 Å². The topological polar surface area (TPSA) is 45.2 Å². The molecule has 0 saturated carbocycles. The van der Waals surface area contributed by atoms with Crippen LogP contribution in [0.15, 0.2) is 47.5 Å². The number of fused-ring (bicyclic) bond motifs is 1. The lowest BCUT2D eigenvalue weighted by Gasteiger charge is -2.22. The molecule has 9 heteroatoms. The standard InChI is InChI=1S/C22H21F4N3OS/c1-4-31-21-18(20(30)27-12-13-6-5-7-15(23)10-13)19(29(2)3)16-9-8-14(22(24,25)26)11-17(16)28-21/h5-11H,4,12H2,1-3H3,(H,27,30). The number of aromatic nitrogens is 1. The number of alkyl halides is 3. The van der Waals surface area contributed by atoms with Gasteiger partial charge in [0.05, 0.1) is 22.3 Å². The molecule has 2 aromatic carbocycles. The highest BCUT2D eigenvalue weighted by Gasteiger charge is 2.31. The van der Waals surface area contributed by atoms with E-state index in [0.717, 1.165) is 12.1 Å². The summed E-state index contributed by atoms with van der Waals surface area (Å²) >= 11 is 1.27. The van der Waals surface area contributed by atoms with E-state index in [2.05, 4.69) is 10.3 Å². The van der Waals surface area contributed by atoms with Crippen LogP contribution in [0.1, 0.15) is 28.4 Å². The van der Waals surface area contributed by atoms with Crippen LogP contribution in [-0.2, 0) is 12.7 Å². The van der Waals surface area contributed by atoms with Crippen LogP contribution in [0.2, 0.25) is 0 Å². The Morgan fingerprint density at radius 1 is 1.16 bits per heavy atom. The summed E-state index contributed by atoms with van der Waals surface area (Å²) in [5, 5.41) is 3.55. The molecule has 0 atom stereocenters. The minimum Gasteiger partial charge on any atom is -0.376 e. The van der Waals surface area contributed by atoms with E-state index in [-0.39, 0.29) is 17.6 Å². The Morgan fingerprint density at radius 2 is 1.90 bits per heavy atom. The molecular weight excluding hydrogens is 430 g/mol. The molecule has 1 aromatic heterocycles. The number of amides is 1. The van der Waals surface area contributed by atoms with Crippen molar-refractivity contribution in [2.24, 2.45) is 0 Å². The van der Waals surface area contributed by atoms with Crippen molar-refractivity contribution in [1.29, 1.82) is 0 Å². The number of hydrogen-bond acceptors (Lipinski definition) is 4. The van der Waals surface area contributed by atoms with Gasteiger partial charge in [0, 0.05) is 26.0 Å². The van der Waals surface area contributed by atoms with Gasteiger partial charge in [0.15, 0.2) is 0 Å². The van der Waals surface area contributed by atoms with Crippen LogP contribution < -0.4 is 10.2 Å². The van der Waals surface area contributed by atoms with Crippen LogP contribution in [0.5, 0.6) is 0 Å². The Kier molecular flexibility index (Phi) is 6.74. The molecule has 164 valence electrons. The highest BCUT2D eigenvalue weighted by atomic mass is 32.2. The third-order valence-electron chi connectivity index (χ3n) is 4.55. The highest BCUT2D eigenvalue weighted by Crippen LogP contribution is 2.38. The van der Waals surface area contributed by atoms with Crippen molar-refractivity contribution in [3.05, 3.63) is 65.0 Å². The number of pyridine rings is 1. The van der Waals surface area contributed by atoms with Crippen LogP contribution in [0, 0.1) is 5.82 Å². The van der Waals surface area contributed by atoms with Gasteiger partial charge < -0.3 is 10.2 Å². The zero-order valence-corrected chi connectivity index (χ0v) is 18.0. The number of thioether (sulfide) groups is 1. The summed E-state index contributed by atoms with van der Waals surface area (Å²) in [4.78, 5) is 19.2. The number of benzene rings is 2. The summed E-state index contributed by atoms with van der Waals surface area (Å²) < 4.78 is 53.0. The van der Waals surface area contributed by atoms with E-state index in [1.807, 2.05) is 6.92 Å². The molecule has 0 radical (unpaired) electrons. The fourth-order valence-electron chi connectivity index (χ4n) is 3.23. The van der Waals surface area contributed by atoms with Crippen LogP contribution in [0.25, 0.3) is 10.9 Å². The van der Waals surface area contributed by atoms with Gasteiger partial charge in [-0.15, -0.1) is 11.8 Å². The first-order valence-electron chi connectivity index (χ1n) is 9.49. The maximum Gasteiger partial charge on any atom is 0.416 e.